The van der Waals surface area contributed by atoms with Crippen LogP contribution in [0, 0.1) is 5.41 Å². The molecule has 0 saturated carbocycles. The van der Waals surface area contributed by atoms with Gasteiger partial charge in [0.15, 0.2) is 5.43 Å². The highest BCUT2D eigenvalue weighted by Crippen LogP contribution is 2.44. The highest BCUT2D eigenvalue weighted by Gasteiger charge is 2.34. The molecule has 1 saturated heterocycles. The molecule has 1 aromatic heterocycles. The second-order valence-electron chi connectivity index (χ2n) is 9.54. The van der Waals surface area contributed by atoms with Gasteiger partial charge in [-0.3, -0.25) is 9.79 Å². The number of pyridine rings is 1. The summed E-state index contributed by atoms with van der Waals surface area (Å²) in [7, 11) is 1.58. The van der Waals surface area contributed by atoms with Crippen molar-refractivity contribution in [1.82, 2.24) is 4.57 Å². The van der Waals surface area contributed by atoms with Gasteiger partial charge in [-0.1, -0.05) is 20.8 Å². The monoisotopic (exact) mass is 451 g/mol. The van der Waals surface area contributed by atoms with Crippen molar-refractivity contribution in [3.05, 3.63) is 57.5 Å². The number of aromatic nitrogens is 1. The number of hydrogen-bond donors (Lipinski definition) is 2. The van der Waals surface area contributed by atoms with Crippen LogP contribution in [0.5, 0.6) is 5.75 Å². The average Bonchev–Trinajstić information content (AvgIpc) is 2.72. The van der Waals surface area contributed by atoms with Crippen LogP contribution in [0.2, 0.25) is 0 Å². The summed E-state index contributed by atoms with van der Waals surface area (Å²) < 4.78 is 12.8. The number of allylic oxidation sites excluding steroid dienone is 1. The minimum absolute atomic E-state index is 0.0500. The molecule has 2 aliphatic heterocycles. The van der Waals surface area contributed by atoms with Gasteiger partial charge in [0.25, 0.3) is 0 Å². The largest absolute Gasteiger partial charge is 0.496 e. The number of carbonyl (C=O) groups is 1. The topological polar surface area (TPSA) is 116 Å². The first-order valence-electron chi connectivity index (χ1n) is 10.9. The van der Waals surface area contributed by atoms with E-state index in [1.54, 1.807) is 13.3 Å². The molecule has 0 amide bonds. The summed E-state index contributed by atoms with van der Waals surface area (Å²) >= 11 is 0. The van der Waals surface area contributed by atoms with E-state index in [0.29, 0.717) is 31.1 Å². The Kier molecular flexibility index (Phi) is 5.88. The molecule has 1 aromatic carbocycles. The van der Waals surface area contributed by atoms with E-state index in [4.69, 9.17) is 15.2 Å². The van der Waals surface area contributed by atoms with Gasteiger partial charge in [0, 0.05) is 47.4 Å². The third-order valence-electron chi connectivity index (χ3n) is 6.30. The van der Waals surface area contributed by atoms with Crippen LogP contribution in [0.1, 0.15) is 48.3 Å². The summed E-state index contributed by atoms with van der Waals surface area (Å²) in [5.41, 5.74) is 9.11. The third kappa shape index (κ3) is 4.18. The number of nitrogens with two attached hydrogens (primary N) is 1. The van der Waals surface area contributed by atoms with Crippen molar-refractivity contribution >= 4 is 17.8 Å². The number of hydrogen-bond acceptors (Lipinski definition) is 6. The summed E-state index contributed by atoms with van der Waals surface area (Å²) in [6, 6.07) is 5.42. The van der Waals surface area contributed by atoms with Crippen molar-refractivity contribution in [3.8, 4) is 17.0 Å². The summed E-state index contributed by atoms with van der Waals surface area (Å²) in [5.74, 6) is -0.632. The Morgan fingerprint density at radius 3 is 2.55 bits per heavy atom. The zero-order chi connectivity index (χ0) is 23.9. The Balaban J connectivity index is 1.89. The molecule has 3 heterocycles. The fraction of sp³-hybridized carbons (Fsp3) is 0.400. The number of ether oxygens (including phenoxy) is 2. The highest BCUT2D eigenvalue weighted by molar-refractivity contribution is 6.11. The van der Waals surface area contributed by atoms with Crippen LogP contribution in [0.25, 0.3) is 16.8 Å². The lowest BCUT2D eigenvalue weighted by Gasteiger charge is -2.39. The minimum Gasteiger partial charge on any atom is -0.496 e. The van der Waals surface area contributed by atoms with E-state index < -0.39 is 11.4 Å². The van der Waals surface area contributed by atoms with Gasteiger partial charge in [0.1, 0.15) is 11.3 Å². The van der Waals surface area contributed by atoms with Crippen molar-refractivity contribution in [2.75, 3.05) is 20.3 Å². The number of aliphatic imine (C=N–C) groups is 1. The van der Waals surface area contributed by atoms with Gasteiger partial charge in [0.2, 0.25) is 0 Å². The molecule has 2 aliphatic rings. The number of fused-ring (bicyclic) bond motifs is 3. The first-order chi connectivity index (χ1) is 15.6. The van der Waals surface area contributed by atoms with Gasteiger partial charge >= 0.3 is 5.97 Å². The lowest BCUT2D eigenvalue weighted by Crippen LogP contribution is -2.33. The fourth-order valence-corrected chi connectivity index (χ4v) is 4.34. The minimum atomic E-state index is -1.23. The molecule has 0 radical (unpaired) electrons. The lowest BCUT2D eigenvalue weighted by atomic mass is 9.78. The van der Waals surface area contributed by atoms with Crippen molar-refractivity contribution < 1.29 is 19.4 Å². The van der Waals surface area contributed by atoms with Gasteiger partial charge in [0.05, 0.1) is 32.1 Å². The van der Waals surface area contributed by atoms with E-state index in [1.807, 2.05) is 16.7 Å². The zero-order valence-electron chi connectivity index (χ0n) is 19.3. The summed E-state index contributed by atoms with van der Waals surface area (Å²) in [6.45, 7) is 7.52. The molecule has 33 heavy (non-hydrogen) atoms. The summed E-state index contributed by atoms with van der Waals surface area (Å²) in [6.07, 6.45) is 5.39. The van der Waals surface area contributed by atoms with Gasteiger partial charge < -0.3 is 24.9 Å². The Labute approximate surface area is 192 Å². The molecule has 0 aliphatic carbocycles. The summed E-state index contributed by atoms with van der Waals surface area (Å²) in [5, 5.41) is 9.50. The molecule has 1 unspecified atom stereocenters. The van der Waals surface area contributed by atoms with Crippen molar-refractivity contribution in [2.24, 2.45) is 16.1 Å². The quantitative estimate of drug-likeness (QED) is 0.675. The van der Waals surface area contributed by atoms with E-state index in [1.165, 1.54) is 18.5 Å². The smallest absolute Gasteiger partial charge is 0.341 e. The molecule has 0 spiro atoms. The van der Waals surface area contributed by atoms with Gasteiger partial charge in [-0.2, -0.15) is 0 Å². The van der Waals surface area contributed by atoms with Crippen LogP contribution in [0.4, 0.5) is 0 Å². The normalized spacial score (nSPS) is 18.5. The van der Waals surface area contributed by atoms with E-state index in [9.17, 15) is 14.7 Å². The molecule has 8 heteroatoms. The molecule has 1 fully saturated rings. The number of nitrogens with zero attached hydrogens (tertiary/aromatic N) is 2. The molecule has 4 rings (SSSR count). The van der Waals surface area contributed by atoms with Crippen molar-refractivity contribution in [3.63, 3.8) is 0 Å². The molecular weight excluding hydrogens is 422 g/mol. The van der Waals surface area contributed by atoms with E-state index in [0.717, 1.165) is 22.3 Å². The number of methoxy groups -OCH3 is 1. The first kappa shape index (κ1) is 22.8. The standard InChI is InChI=1S/C25H29N3O5/c1-25(2,3)23-6-14-5-18(15(9-26)10-27-16-12-33-13-16)22(32-4)7-17(14)20-8-21(29)19(24(30)31)11-28(20)23/h5,7-11,16,23H,6,12-13,26H2,1-4H3,(H,30,31). The average molecular weight is 452 g/mol. The maximum absolute atomic E-state index is 12.6. The maximum atomic E-state index is 12.6. The fourth-order valence-electron chi connectivity index (χ4n) is 4.34. The van der Waals surface area contributed by atoms with E-state index in [-0.39, 0.29) is 23.1 Å². The third-order valence-corrected chi connectivity index (χ3v) is 6.30. The number of carboxylic acid groups (broad SMARTS) is 1. The highest BCUT2D eigenvalue weighted by atomic mass is 16.5. The van der Waals surface area contributed by atoms with Crippen molar-refractivity contribution in [1.29, 1.82) is 0 Å². The molecule has 2 aromatic rings. The summed E-state index contributed by atoms with van der Waals surface area (Å²) in [4.78, 5) is 28.7. The lowest BCUT2D eigenvalue weighted by molar-refractivity contribution is 0.0136. The molecule has 8 nitrogen and oxygen atoms in total. The maximum Gasteiger partial charge on any atom is 0.341 e. The predicted octanol–water partition coefficient (Wildman–Crippen LogP) is 3.13. The van der Waals surface area contributed by atoms with Gasteiger partial charge in [-0.05, 0) is 29.5 Å². The zero-order valence-corrected chi connectivity index (χ0v) is 19.3. The SMILES string of the molecule is COc1cc2c(cc1C(C=NC1COC1)=CN)CC(C(C)(C)C)n1cc(C(=O)O)c(=O)cc1-2. The van der Waals surface area contributed by atoms with E-state index in [2.05, 4.69) is 25.8 Å². The second kappa shape index (κ2) is 8.51. The molecular formula is C25H29N3O5. The van der Waals surface area contributed by atoms with E-state index >= 15 is 0 Å². The van der Waals surface area contributed by atoms with Crippen LogP contribution >= 0.6 is 0 Å². The van der Waals surface area contributed by atoms with Gasteiger partial charge in [-0.15, -0.1) is 0 Å². The Bertz CT molecular complexity index is 1220. The van der Waals surface area contributed by atoms with Crippen LogP contribution < -0.4 is 15.9 Å². The van der Waals surface area contributed by atoms with Crippen LogP contribution in [0.3, 0.4) is 0 Å². The van der Waals surface area contributed by atoms with Crippen molar-refractivity contribution in [2.45, 2.75) is 39.3 Å². The molecule has 0 bridgehead atoms. The predicted molar refractivity (Wildman–Crippen MR) is 127 cm³/mol. The number of aromatic carboxylic acids is 1. The van der Waals surface area contributed by atoms with Gasteiger partial charge in [-0.25, -0.2) is 4.79 Å². The Morgan fingerprint density at radius 2 is 2.00 bits per heavy atom. The van der Waals surface area contributed by atoms with Crippen LogP contribution in [-0.2, 0) is 11.2 Å². The first-order valence-corrected chi connectivity index (χ1v) is 10.9. The Hall–Kier alpha value is -3.39. The number of benzene rings is 1. The van der Waals surface area contributed by atoms with Crippen LogP contribution in [-0.4, -0.2) is 48.2 Å². The Morgan fingerprint density at radius 1 is 1.27 bits per heavy atom. The molecule has 1 atom stereocenters. The molecule has 174 valence electrons. The number of carboxylic acids is 1. The number of rotatable bonds is 5. The van der Waals surface area contributed by atoms with Crippen LogP contribution in [0.15, 0.2) is 40.4 Å². The molecule has 3 N–H and O–H groups in total. The second-order valence-corrected chi connectivity index (χ2v) is 9.54.